The Morgan fingerprint density at radius 3 is 2.38 bits per heavy atom. The van der Waals surface area contributed by atoms with Gasteiger partial charge in [-0.3, -0.25) is 19.9 Å². The number of hydrogen-bond acceptors (Lipinski definition) is 4. The second kappa shape index (κ2) is 6.24. The number of imide groups is 1. The molecule has 1 aromatic carbocycles. The van der Waals surface area contributed by atoms with E-state index in [9.17, 15) is 9.59 Å². The van der Waals surface area contributed by atoms with E-state index >= 15 is 0 Å². The fourth-order valence-electron chi connectivity index (χ4n) is 2.72. The first-order chi connectivity index (χ1) is 10.2. The van der Waals surface area contributed by atoms with Gasteiger partial charge in [0.15, 0.2) is 0 Å². The van der Waals surface area contributed by atoms with E-state index < -0.39 is 0 Å². The molecule has 0 unspecified atom stereocenters. The van der Waals surface area contributed by atoms with Gasteiger partial charge in [-0.1, -0.05) is 12.1 Å². The molecule has 0 radical (unpaired) electrons. The van der Waals surface area contributed by atoms with Crippen molar-refractivity contribution in [2.75, 3.05) is 37.6 Å². The normalized spacial score (nSPS) is 20.5. The number of nitrogens with zero attached hydrogens (tertiary/aromatic N) is 2. The van der Waals surface area contributed by atoms with E-state index in [-0.39, 0.29) is 11.9 Å². The van der Waals surface area contributed by atoms with Crippen LogP contribution in [0.4, 0.5) is 10.5 Å². The van der Waals surface area contributed by atoms with Gasteiger partial charge in [0.1, 0.15) is 0 Å². The third-order valence-corrected chi connectivity index (χ3v) is 3.92. The van der Waals surface area contributed by atoms with Crippen molar-refractivity contribution in [2.45, 2.75) is 13.0 Å². The number of carbonyl (C=O) groups is 2. The van der Waals surface area contributed by atoms with Crippen LogP contribution in [0.15, 0.2) is 24.3 Å². The molecule has 0 aromatic heterocycles. The average molecular weight is 288 g/mol. The van der Waals surface area contributed by atoms with Crippen molar-refractivity contribution in [1.82, 2.24) is 15.5 Å². The van der Waals surface area contributed by atoms with Crippen molar-refractivity contribution in [3.63, 3.8) is 0 Å². The summed E-state index contributed by atoms with van der Waals surface area (Å²) in [6, 6.07) is 7.68. The summed E-state index contributed by atoms with van der Waals surface area (Å²) in [7, 11) is 0. The Bertz CT molecular complexity index is 523. The number of benzene rings is 1. The molecule has 0 atom stereocenters. The largest absolute Gasteiger partial charge is 0.328 e. The van der Waals surface area contributed by atoms with Gasteiger partial charge in [-0.05, 0) is 17.7 Å². The van der Waals surface area contributed by atoms with E-state index in [1.807, 2.05) is 12.1 Å². The number of anilines is 1. The number of amides is 3. The van der Waals surface area contributed by atoms with Crippen LogP contribution in [0.2, 0.25) is 0 Å². The molecule has 2 aliphatic rings. The van der Waals surface area contributed by atoms with Crippen molar-refractivity contribution in [3.05, 3.63) is 29.8 Å². The molecule has 2 aliphatic heterocycles. The Balaban J connectivity index is 1.63. The molecule has 1 aromatic rings. The minimum atomic E-state index is -0.332. The third-order valence-electron chi connectivity index (χ3n) is 3.92. The Kier molecular flexibility index (Phi) is 4.17. The number of carbonyl (C=O) groups excluding carboxylic acids is 2. The minimum Gasteiger partial charge on any atom is -0.314 e. The lowest BCUT2D eigenvalue weighted by atomic mass is 10.1. The Hall–Kier alpha value is -1.92. The highest BCUT2D eigenvalue weighted by Gasteiger charge is 2.24. The van der Waals surface area contributed by atoms with E-state index in [1.54, 1.807) is 4.90 Å². The minimum absolute atomic E-state index is 0.202. The maximum absolute atomic E-state index is 11.8. The molecule has 112 valence electrons. The highest BCUT2D eigenvalue weighted by molar-refractivity contribution is 6.05. The zero-order valence-electron chi connectivity index (χ0n) is 12.0. The van der Waals surface area contributed by atoms with Crippen LogP contribution in [0, 0.1) is 0 Å². The van der Waals surface area contributed by atoms with E-state index in [1.165, 1.54) is 5.56 Å². The number of urea groups is 1. The van der Waals surface area contributed by atoms with Gasteiger partial charge in [-0.25, -0.2) is 4.79 Å². The van der Waals surface area contributed by atoms with Crippen LogP contribution >= 0.6 is 0 Å². The molecule has 2 heterocycles. The average Bonchev–Trinajstić information content (AvgIpc) is 2.49. The Labute approximate surface area is 124 Å². The monoisotopic (exact) mass is 288 g/mol. The number of hydrogen-bond donors (Lipinski definition) is 2. The highest BCUT2D eigenvalue weighted by atomic mass is 16.2. The van der Waals surface area contributed by atoms with Crippen molar-refractivity contribution >= 4 is 17.6 Å². The number of rotatable bonds is 3. The summed E-state index contributed by atoms with van der Waals surface area (Å²) < 4.78 is 0. The van der Waals surface area contributed by atoms with Gasteiger partial charge in [0, 0.05) is 51.4 Å². The van der Waals surface area contributed by atoms with Crippen LogP contribution in [-0.2, 0) is 11.3 Å². The molecule has 3 amide bonds. The van der Waals surface area contributed by atoms with Crippen molar-refractivity contribution < 1.29 is 9.59 Å². The molecule has 0 aliphatic carbocycles. The highest BCUT2D eigenvalue weighted by Crippen LogP contribution is 2.18. The second-order valence-electron chi connectivity index (χ2n) is 5.45. The summed E-state index contributed by atoms with van der Waals surface area (Å²) in [5, 5.41) is 5.68. The predicted molar refractivity (Wildman–Crippen MR) is 80.1 cm³/mol. The molecule has 2 saturated heterocycles. The standard InChI is InChI=1S/C15H20N4O2/c20-14-5-8-19(15(21)17-14)13-3-1-12(2-4-13)11-18-9-6-16-7-10-18/h1-4,16H,5-11H2,(H,17,20,21). The zero-order chi connectivity index (χ0) is 14.7. The lowest BCUT2D eigenvalue weighted by Gasteiger charge is -2.28. The number of piperazine rings is 1. The second-order valence-corrected chi connectivity index (χ2v) is 5.45. The first-order valence-electron chi connectivity index (χ1n) is 7.36. The van der Waals surface area contributed by atoms with Crippen LogP contribution in [0.3, 0.4) is 0 Å². The van der Waals surface area contributed by atoms with E-state index in [0.29, 0.717) is 13.0 Å². The van der Waals surface area contributed by atoms with Crippen LogP contribution in [-0.4, -0.2) is 49.6 Å². The van der Waals surface area contributed by atoms with Crippen LogP contribution in [0.5, 0.6) is 0 Å². The van der Waals surface area contributed by atoms with Gasteiger partial charge in [-0.15, -0.1) is 0 Å². The molecule has 3 rings (SSSR count). The summed E-state index contributed by atoms with van der Waals surface area (Å²) in [4.78, 5) is 27.0. The Morgan fingerprint density at radius 1 is 1.00 bits per heavy atom. The lowest BCUT2D eigenvalue weighted by molar-refractivity contribution is -0.120. The Morgan fingerprint density at radius 2 is 1.71 bits per heavy atom. The molecule has 2 fully saturated rings. The SMILES string of the molecule is O=C1CCN(c2ccc(CN3CCNCC3)cc2)C(=O)N1. The summed E-state index contributed by atoms with van der Waals surface area (Å²) >= 11 is 0. The van der Waals surface area contributed by atoms with Crippen LogP contribution < -0.4 is 15.5 Å². The zero-order valence-corrected chi connectivity index (χ0v) is 12.0. The van der Waals surface area contributed by atoms with Crippen LogP contribution in [0.25, 0.3) is 0 Å². The summed E-state index contributed by atoms with van der Waals surface area (Å²) in [6.45, 7) is 5.60. The maximum atomic E-state index is 11.8. The van der Waals surface area contributed by atoms with Gasteiger partial charge in [-0.2, -0.15) is 0 Å². The third kappa shape index (κ3) is 3.40. The summed E-state index contributed by atoms with van der Waals surface area (Å²) in [5.74, 6) is -0.202. The fourth-order valence-corrected chi connectivity index (χ4v) is 2.72. The number of nitrogens with one attached hydrogen (secondary N) is 2. The van der Waals surface area contributed by atoms with Crippen LogP contribution in [0.1, 0.15) is 12.0 Å². The topological polar surface area (TPSA) is 64.7 Å². The van der Waals surface area contributed by atoms with Crippen molar-refractivity contribution in [3.8, 4) is 0 Å². The van der Waals surface area contributed by atoms with E-state index in [2.05, 4.69) is 27.7 Å². The maximum Gasteiger partial charge on any atom is 0.328 e. The molecule has 0 spiro atoms. The molecule has 6 nitrogen and oxygen atoms in total. The quantitative estimate of drug-likeness (QED) is 0.852. The molecular formula is C15H20N4O2. The molecule has 0 bridgehead atoms. The molecule has 6 heteroatoms. The van der Waals surface area contributed by atoms with Gasteiger partial charge < -0.3 is 5.32 Å². The smallest absolute Gasteiger partial charge is 0.314 e. The lowest BCUT2D eigenvalue weighted by Crippen LogP contribution is -2.49. The first kappa shape index (κ1) is 14.0. The molecule has 0 saturated carbocycles. The van der Waals surface area contributed by atoms with Crippen molar-refractivity contribution in [2.24, 2.45) is 0 Å². The summed E-state index contributed by atoms with van der Waals surface area (Å²) in [5.41, 5.74) is 2.08. The van der Waals surface area contributed by atoms with E-state index in [4.69, 9.17) is 0 Å². The van der Waals surface area contributed by atoms with E-state index in [0.717, 1.165) is 38.4 Å². The summed E-state index contributed by atoms with van der Waals surface area (Å²) in [6.07, 6.45) is 0.355. The first-order valence-corrected chi connectivity index (χ1v) is 7.36. The van der Waals surface area contributed by atoms with Gasteiger partial charge >= 0.3 is 6.03 Å². The molecular weight excluding hydrogens is 268 g/mol. The van der Waals surface area contributed by atoms with Gasteiger partial charge in [0.05, 0.1) is 0 Å². The van der Waals surface area contributed by atoms with Gasteiger partial charge in [0.2, 0.25) is 5.91 Å². The predicted octanol–water partition coefficient (Wildman–Crippen LogP) is 0.538. The molecule has 2 N–H and O–H groups in total. The van der Waals surface area contributed by atoms with Gasteiger partial charge in [0.25, 0.3) is 0 Å². The fraction of sp³-hybridized carbons (Fsp3) is 0.467. The molecule has 21 heavy (non-hydrogen) atoms. The van der Waals surface area contributed by atoms with Crippen molar-refractivity contribution in [1.29, 1.82) is 0 Å².